The number of fused-ring (bicyclic) bond motifs is 1. The van der Waals surface area contributed by atoms with Crippen LogP contribution in [0, 0.1) is 37.5 Å². The molecule has 0 aliphatic carbocycles. The molecule has 42 heavy (non-hydrogen) atoms. The van der Waals surface area contributed by atoms with Crippen molar-refractivity contribution in [2.24, 2.45) is 23.7 Å². The number of ether oxygens (including phenoxy) is 1. The number of aromatic nitrogens is 2. The third kappa shape index (κ3) is 6.48. The molecule has 0 bridgehead atoms. The number of hydrogen-bond donors (Lipinski definition) is 0. The van der Waals surface area contributed by atoms with E-state index in [9.17, 15) is 4.79 Å². The zero-order chi connectivity index (χ0) is 30.8. The standard InChI is InChI=1S/C36H50N4O2/c1-23(2)19-39(20-24(3)4)29-11-13-31(27(9)17-29)36(34-33(35(41)42-36)37-15-16-38-34)32-14-12-30(18-28(32)10)40(21-25(5)6)22-26(7)8/h11-18,23-26H,19-22H2,1-10H3. The van der Waals surface area contributed by atoms with Crippen molar-refractivity contribution in [2.45, 2.75) is 74.8 Å². The van der Waals surface area contributed by atoms with Gasteiger partial charge in [0.1, 0.15) is 5.69 Å². The molecular weight excluding hydrogens is 520 g/mol. The Labute approximate surface area is 253 Å². The van der Waals surface area contributed by atoms with Crippen molar-refractivity contribution in [1.29, 1.82) is 0 Å². The average molecular weight is 571 g/mol. The molecule has 2 aromatic carbocycles. The van der Waals surface area contributed by atoms with Gasteiger partial charge in [0.15, 0.2) is 5.69 Å². The van der Waals surface area contributed by atoms with Crippen LogP contribution in [0.15, 0.2) is 48.8 Å². The van der Waals surface area contributed by atoms with Crippen molar-refractivity contribution in [3.63, 3.8) is 0 Å². The maximum Gasteiger partial charge on any atom is 0.360 e. The molecule has 0 saturated heterocycles. The number of carbonyl (C=O) groups excluding carboxylic acids is 1. The summed E-state index contributed by atoms with van der Waals surface area (Å²) in [5.41, 5.74) is 5.99. The second-order valence-electron chi connectivity index (χ2n) is 13.7. The first-order valence-electron chi connectivity index (χ1n) is 15.6. The number of nitrogens with zero attached hydrogens (tertiary/aromatic N) is 4. The molecule has 6 heteroatoms. The number of aryl methyl sites for hydroxylation is 2. The minimum atomic E-state index is -1.17. The zero-order valence-corrected chi connectivity index (χ0v) is 27.4. The topological polar surface area (TPSA) is 58.6 Å². The quantitative estimate of drug-likeness (QED) is 0.207. The largest absolute Gasteiger partial charge is 0.438 e. The SMILES string of the molecule is Cc1cc(N(CC(C)C)CC(C)C)ccc1C1(c2ccc(N(CC(C)C)CC(C)C)cc2C)OC(=O)c2nccnc21. The fourth-order valence-electron chi connectivity index (χ4n) is 6.30. The summed E-state index contributed by atoms with van der Waals surface area (Å²) >= 11 is 0. The summed E-state index contributed by atoms with van der Waals surface area (Å²) in [7, 11) is 0. The number of esters is 1. The van der Waals surface area contributed by atoms with Crippen LogP contribution in [0.2, 0.25) is 0 Å². The molecule has 1 aliphatic rings. The van der Waals surface area contributed by atoms with E-state index in [1.165, 1.54) is 11.4 Å². The second kappa shape index (κ2) is 12.8. The predicted molar refractivity (Wildman–Crippen MR) is 173 cm³/mol. The van der Waals surface area contributed by atoms with Crippen LogP contribution in [-0.4, -0.2) is 42.1 Å². The Hall–Kier alpha value is -3.41. The van der Waals surface area contributed by atoms with Gasteiger partial charge in [0.2, 0.25) is 5.60 Å². The maximum atomic E-state index is 13.3. The first-order chi connectivity index (χ1) is 19.8. The normalized spacial score (nSPS) is 14.2. The van der Waals surface area contributed by atoms with E-state index in [0.29, 0.717) is 29.4 Å². The first-order valence-corrected chi connectivity index (χ1v) is 15.6. The van der Waals surface area contributed by atoms with Crippen LogP contribution in [0.4, 0.5) is 11.4 Å². The third-order valence-corrected chi connectivity index (χ3v) is 7.72. The summed E-state index contributed by atoms with van der Waals surface area (Å²) in [6.07, 6.45) is 3.22. The van der Waals surface area contributed by atoms with Gasteiger partial charge in [0.25, 0.3) is 0 Å². The summed E-state index contributed by atoms with van der Waals surface area (Å²) in [4.78, 5) is 27.4. The smallest absolute Gasteiger partial charge is 0.360 e. The van der Waals surface area contributed by atoms with E-state index in [0.717, 1.165) is 48.4 Å². The fourth-order valence-corrected chi connectivity index (χ4v) is 6.30. The monoisotopic (exact) mass is 570 g/mol. The van der Waals surface area contributed by atoms with Gasteiger partial charge in [-0.1, -0.05) is 67.5 Å². The molecular formula is C36H50N4O2. The highest BCUT2D eigenvalue weighted by Gasteiger charge is 2.52. The van der Waals surface area contributed by atoms with Crippen LogP contribution in [0.1, 0.15) is 93.8 Å². The van der Waals surface area contributed by atoms with Gasteiger partial charge in [-0.05, 0) is 72.9 Å². The molecule has 0 unspecified atom stereocenters. The molecule has 0 spiro atoms. The van der Waals surface area contributed by atoms with Gasteiger partial charge in [0.05, 0.1) is 0 Å². The van der Waals surface area contributed by atoms with Crippen molar-refractivity contribution < 1.29 is 9.53 Å². The van der Waals surface area contributed by atoms with Crippen molar-refractivity contribution >= 4 is 17.3 Å². The highest BCUT2D eigenvalue weighted by molar-refractivity contribution is 5.94. The number of hydrogen-bond acceptors (Lipinski definition) is 6. The van der Waals surface area contributed by atoms with Crippen LogP contribution in [-0.2, 0) is 10.3 Å². The molecule has 0 atom stereocenters. The molecule has 1 aromatic heterocycles. The number of anilines is 2. The van der Waals surface area contributed by atoms with E-state index in [-0.39, 0.29) is 5.69 Å². The Morgan fingerprint density at radius 3 is 1.45 bits per heavy atom. The van der Waals surface area contributed by atoms with Crippen molar-refractivity contribution in [1.82, 2.24) is 9.97 Å². The molecule has 0 N–H and O–H groups in total. The van der Waals surface area contributed by atoms with Crippen LogP contribution < -0.4 is 9.80 Å². The van der Waals surface area contributed by atoms with Gasteiger partial charge in [-0.15, -0.1) is 0 Å². The molecule has 0 fully saturated rings. The van der Waals surface area contributed by atoms with E-state index in [4.69, 9.17) is 9.72 Å². The first kappa shape index (κ1) is 31.5. The maximum absolute atomic E-state index is 13.3. The van der Waals surface area contributed by atoms with E-state index in [1.807, 2.05) is 0 Å². The highest BCUT2D eigenvalue weighted by Crippen LogP contribution is 2.48. The highest BCUT2D eigenvalue weighted by atomic mass is 16.6. The minimum Gasteiger partial charge on any atom is -0.438 e. The lowest BCUT2D eigenvalue weighted by molar-refractivity contribution is 0.0237. The molecule has 0 amide bonds. The van der Waals surface area contributed by atoms with Gasteiger partial charge in [-0.25, -0.2) is 9.78 Å². The lowest BCUT2D eigenvalue weighted by atomic mass is 9.79. The Bertz CT molecular complexity index is 1300. The summed E-state index contributed by atoms with van der Waals surface area (Å²) < 4.78 is 6.42. The molecule has 2 heterocycles. The van der Waals surface area contributed by atoms with Gasteiger partial charge in [-0.3, -0.25) is 4.98 Å². The van der Waals surface area contributed by atoms with Gasteiger partial charge >= 0.3 is 5.97 Å². The Morgan fingerprint density at radius 1 is 0.667 bits per heavy atom. The van der Waals surface area contributed by atoms with Crippen LogP contribution in [0.3, 0.4) is 0 Å². The molecule has 1 aliphatic heterocycles. The summed E-state index contributed by atoms with van der Waals surface area (Å²) in [5, 5.41) is 0. The molecule has 0 saturated carbocycles. The lowest BCUT2D eigenvalue weighted by Crippen LogP contribution is -2.34. The third-order valence-electron chi connectivity index (χ3n) is 7.72. The Kier molecular flexibility index (Phi) is 9.64. The number of carbonyl (C=O) groups is 1. The number of cyclic esters (lactones) is 1. The van der Waals surface area contributed by atoms with Crippen molar-refractivity contribution in [2.75, 3.05) is 36.0 Å². The molecule has 226 valence electrons. The van der Waals surface area contributed by atoms with E-state index >= 15 is 0 Å². The van der Waals surface area contributed by atoms with Crippen LogP contribution in [0.25, 0.3) is 0 Å². The van der Waals surface area contributed by atoms with Crippen LogP contribution in [0.5, 0.6) is 0 Å². The number of benzene rings is 2. The summed E-state index contributed by atoms with van der Waals surface area (Å²) in [5.74, 6) is 1.73. The summed E-state index contributed by atoms with van der Waals surface area (Å²) in [6, 6.07) is 13.1. The second-order valence-corrected chi connectivity index (χ2v) is 13.7. The van der Waals surface area contributed by atoms with Gasteiger partial charge in [-0.2, -0.15) is 0 Å². The molecule has 4 rings (SSSR count). The molecule has 0 radical (unpaired) electrons. The molecule has 3 aromatic rings. The van der Waals surface area contributed by atoms with E-state index < -0.39 is 11.6 Å². The van der Waals surface area contributed by atoms with Crippen molar-refractivity contribution in [3.05, 3.63) is 82.4 Å². The van der Waals surface area contributed by atoms with Crippen LogP contribution >= 0.6 is 0 Å². The van der Waals surface area contributed by atoms with E-state index in [2.05, 4.69) is 120 Å². The Balaban J connectivity index is 1.88. The average Bonchev–Trinajstić information content (AvgIpc) is 3.19. The lowest BCUT2D eigenvalue weighted by Gasteiger charge is -2.34. The van der Waals surface area contributed by atoms with Gasteiger partial charge in [0, 0.05) is 61.1 Å². The fraction of sp³-hybridized carbons (Fsp3) is 0.528. The Morgan fingerprint density at radius 2 is 1.07 bits per heavy atom. The minimum absolute atomic E-state index is 0.284. The predicted octanol–water partition coefficient (Wildman–Crippen LogP) is 7.79. The van der Waals surface area contributed by atoms with Crippen molar-refractivity contribution in [3.8, 4) is 0 Å². The molecule has 6 nitrogen and oxygen atoms in total. The zero-order valence-electron chi connectivity index (χ0n) is 27.4. The van der Waals surface area contributed by atoms with E-state index in [1.54, 1.807) is 12.4 Å². The van der Waals surface area contributed by atoms with Gasteiger partial charge < -0.3 is 14.5 Å². The summed E-state index contributed by atoms with van der Waals surface area (Å²) in [6.45, 7) is 26.2. The number of rotatable bonds is 12.